The zero-order chi connectivity index (χ0) is 23.6. The predicted octanol–water partition coefficient (Wildman–Crippen LogP) is 4.14. The van der Waals surface area contributed by atoms with Crippen LogP contribution in [0.25, 0.3) is 11.3 Å². The van der Waals surface area contributed by atoms with Gasteiger partial charge in [-0.25, -0.2) is 22.2 Å². The molecule has 174 valence electrons. The lowest BCUT2D eigenvalue weighted by Crippen LogP contribution is -2.34. The minimum Gasteiger partial charge on any atom is -0.377 e. The van der Waals surface area contributed by atoms with Crippen molar-refractivity contribution in [2.24, 2.45) is 0 Å². The number of thiazole rings is 1. The summed E-state index contributed by atoms with van der Waals surface area (Å²) in [5.41, 5.74) is 0.624. The summed E-state index contributed by atoms with van der Waals surface area (Å²) in [6.45, 7) is 0.910. The Hall–Kier alpha value is -2.73. The molecule has 0 spiro atoms. The lowest BCUT2D eigenvalue weighted by molar-refractivity contribution is 0.0979. The second-order valence-electron chi connectivity index (χ2n) is 7.56. The van der Waals surface area contributed by atoms with E-state index in [0.717, 1.165) is 36.3 Å². The highest BCUT2D eigenvalue weighted by atomic mass is 32.2. The first-order valence-electron chi connectivity index (χ1n) is 10.1. The zero-order valence-corrected chi connectivity index (χ0v) is 19.3. The molecule has 4 rings (SSSR count). The van der Waals surface area contributed by atoms with Gasteiger partial charge in [0, 0.05) is 42.8 Å². The van der Waals surface area contributed by atoms with Crippen molar-refractivity contribution in [3.63, 3.8) is 0 Å². The number of carbonyl (C=O) groups is 1. The van der Waals surface area contributed by atoms with Gasteiger partial charge in [-0.2, -0.15) is 4.31 Å². The second-order valence-corrected chi connectivity index (χ2v) is 10.5. The van der Waals surface area contributed by atoms with Crippen molar-refractivity contribution in [1.82, 2.24) is 9.29 Å². The lowest BCUT2D eigenvalue weighted by atomic mass is 10.1. The molecule has 33 heavy (non-hydrogen) atoms. The smallest absolute Gasteiger partial charge is 0.257 e. The quantitative estimate of drug-likeness (QED) is 0.535. The van der Waals surface area contributed by atoms with E-state index in [1.165, 1.54) is 41.7 Å². The second kappa shape index (κ2) is 9.64. The first-order chi connectivity index (χ1) is 15.7. The molecule has 1 aromatic heterocycles. The summed E-state index contributed by atoms with van der Waals surface area (Å²) in [5, 5.41) is 4.38. The molecule has 1 saturated heterocycles. The predicted molar refractivity (Wildman–Crippen MR) is 121 cm³/mol. The Bertz CT molecular complexity index is 1260. The van der Waals surface area contributed by atoms with Gasteiger partial charge >= 0.3 is 0 Å². The summed E-state index contributed by atoms with van der Waals surface area (Å²) in [4.78, 5) is 16.8. The zero-order valence-electron chi connectivity index (χ0n) is 17.6. The van der Waals surface area contributed by atoms with E-state index in [9.17, 15) is 22.0 Å². The number of hydrogen-bond donors (Lipinski definition) is 1. The number of sulfonamides is 1. The van der Waals surface area contributed by atoms with Gasteiger partial charge in [0.05, 0.1) is 16.7 Å². The molecule has 1 fully saturated rings. The Kier molecular flexibility index (Phi) is 6.84. The molecule has 1 unspecified atom stereocenters. The third-order valence-corrected chi connectivity index (χ3v) is 7.84. The van der Waals surface area contributed by atoms with Crippen LogP contribution in [0, 0.1) is 11.6 Å². The van der Waals surface area contributed by atoms with Crippen molar-refractivity contribution in [3.05, 3.63) is 65.0 Å². The number of anilines is 1. The highest BCUT2D eigenvalue weighted by molar-refractivity contribution is 7.89. The van der Waals surface area contributed by atoms with Gasteiger partial charge in [-0.15, -0.1) is 11.3 Å². The SMILES string of the molecule is CN(CC1CCCO1)S(=O)(=O)c1ccc(C(=O)Nc2nc(-c3ccc(F)cc3F)cs2)cc1. The van der Waals surface area contributed by atoms with Crippen LogP contribution < -0.4 is 5.32 Å². The van der Waals surface area contributed by atoms with Crippen LogP contribution in [-0.2, 0) is 14.8 Å². The molecule has 0 radical (unpaired) electrons. The number of amides is 1. The van der Waals surface area contributed by atoms with Crippen LogP contribution in [0.4, 0.5) is 13.9 Å². The molecule has 1 aliphatic heterocycles. The maximum absolute atomic E-state index is 14.0. The maximum atomic E-state index is 14.0. The van der Waals surface area contributed by atoms with Gasteiger partial charge in [0.15, 0.2) is 5.13 Å². The van der Waals surface area contributed by atoms with Crippen molar-refractivity contribution < 1.29 is 26.7 Å². The third-order valence-electron chi connectivity index (χ3n) is 5.24. The number of halogens is 2. The van der Waals surface area contributed by atoms with Gasteiger partial charge in [0.25, 0.3) is 5.91 Å². The molecule has 1 N–H and O–H groups in total. The fourth-order valence-electron chi connectivity index (χ4n) is 3.45. The molecule has 2 heterocycles. The van der Waals surface area contributed by atoms with E-state index in [2.05, 4.69) is 10.3 Å². The van der Waals surface area contributed by atoms with Gasteiger partial charge in [-0.3, -0.25) is 10.1 Å². The largest absolute Gasteiger partial charge is 0.377 e. The summed E-state index contributed by atoms with van der Waals surface area (Å²) in [6.07, 6.45) is 1.63. The summed E-state index contributed by atoms with van der Waals surface area (Å²) in [7, 11) is -2.21. The fourth-order valence-corrected chi connectivity index (χ4v) is 5.36. The molecule has 1 aliphatic rings. The van der Waals surface area contributed by atoms with Gasteiger partial charge in [-0.05, 0) is 49.2 Å². The number of nitrogens with one attached hydrogen (secondary N) is 1. The Morgan fingerprint density at radius 2 is 2.00 bits per heavy atom. The van der Waals surface area contributed by atoms with Crippen molar-refractivity contribution in [2.75, 3.05) is 25.5 Å². The Labute approximate surface area is 194 Å². The van der Waals surface area contributed by atoms with Crippen LogP contribution in [0.5, 0.6) is 0 Å². The summed E-state index contributed by atoms with van der Waals surface area (Å²) < 4.78 is 59.4. The van der Waals surface area contributed by atoms with Gasteiger partial charge in [0.1, 0.15) is 11.6 Å². The van der Waals surface area contributed by atoms with Crippen LogP contribution in [-0.4, -0.2) is 49.9 Å². The number of nitrogens with zero attached hydrogens (tertiary/aromatic N) is 2. The van der Waals surface area contributed by atoms with E-state index in [-0.39, 0.29) is 39.5 Å². The van der Waals surface area contributed by atoms with E-state index in [1.807, 2.05) is 0 Å². The molecule has 2 aromatic carbocycles. The number of rotatable bonds is 7. The highest BCUT2D eigenvalue weighted by Crippen LogP contribution is 2.28. The Morgan fingerprint density at radius 1 is 1.24 bits per heavy atom. The normalized spacial score (nSPS) is 16.3. The first kappa shape index (κ1) is 23.4. The highest BCUT2D eigenvalue weighted by Gasteiger charge is 2.26. The number of aromatic nitrogens is 1. The number of likely N-dealkylation sites (N-methyl/N-ethyl adjacent to an activating group) is 1. The third kappa shape index (κ3) is 5.27. The molecule has 0 saturated carbocycles. The number of ether oxygens (including phenoxy) is 1. The van der Waals surface area contributed by atoms with Crippen molar-refractivity contribution >= 4 is 32.4 Å². The van der Waals surface area contributed by atoms with E-state index in [1.54, 1.807) is 5.38 Å². The van der Waals surface area contributed by atoms with Crippen LogP contribution >= 0.6 is 11.3 Å². The summed E-state index contributed by atoms with van der Waals surface area (Å²) in [5.74, 6) is -1.94. The monoisotopic (exact) mass is 493 g/mol. The number of hydrogen-bond acceptors (Lipinski definition) is 6. The van der Waals surface area contributed by atoms with Crippen molar-refractivity contribution in [1.29, 1.82) is 0 Å². The maximum Gasteiger partial charge on any atom is 0.257 e. The Morgan fingerprint density at radius 3 is 2.67 bits per heavy atom. The summed E-state index contributed by atoms with van der Waals surface area (Å²) in [6, 6.07) is 8.74. The van der Waals surface area contributed by atoms with Crippen LogP contribution in [0.3, 0.4) is 0 Å². The first-order valence-corrected chi connectivity index (χ1v) is 12.5. The topological polar surface area (TPSA) is 88.6 Å². The van der Waals surface area contributed by atoms with Crippen LogP contribution in [0.15, 0.2) is 52.7 Å². The van der Waals surface area contributed by atoms with E-state index in [0.29, 0.717) is 6.61 Å². The van der Waals surface area contributed by atoms with Crippen LogP contribution in [0.2, 0.25) is 0 Å². The minimum atomic E-state index is -3.71. The molecule has 1 atom stereocenters. The van der Waals surface area contributed by atoms with E-state index in [4.69, 9.17) is 4.74 Å². The van der Waals surface area contributed by atoms with Gasteiger partial charge in [0.2, 0.25) is 10.0 Å². The van der Waals surface area contributed by atoms with Gasteiger partial charge in [-0.1, -0.05) is 0 Å². The van der Waals surface area contributed by atoms with E-state index < -0.39 is 27.6 Å². The molecule has 0 bridgehead atoms. The van der Waals surface area contributed by atoms with Crippen LogP contribution in [0.1, 0.15) is 23.2 Å². The summed E-state index contributed by atoms with van der Waals surface area (Å²) >= 11 is 1.09. The van der Waals surface area contributed by atoms with E-state index >= 15 is 0 Å². The Balaban J connectivity index is 1.43. The van der Waals surface area contributed by atoms with Crippen molar-refractivity contribution in [2.45, 2.75) is 23.8 Å². The molecule has 1 amide bonds. The fraction of sp³-hybridized carbons (Fsp3) is 0.273. The number of benzene rings is 2. The standard InChI is InChI=1S/C22H21F2N3O4S2/c1-27(12-16-3-2-10-31-16)33(29,30)17-7-4-14(5-8-17)21(28)26-22-25-20(13-32-22)18-9-6-15(23)11-19(18)24/h4-9,11,13,16H,2-3,10,12H2,1H3,(H,25,26,28). The number of carbonyl (C=O) groups excluding carboxylic acids is 1. The molecule has 0 aliphatic carbocycles. The minimum absolute atomic E-state index is 0.0721. The average molecular weight is 494 g/mol. The molecule has 7 nitrogen and oxygen atoms in total. The molecule has 3 aromatic rings. The molecular formula is C22H21F2N3O4S2. The molecular weight excluding hydrogens is 472 g/mol. The average Bonchev–Trinajstić information content (AvgIpc) is 3.46. The van der Waals surface area contributed by atoms with Gasteiger partial charge < -0.3 is 4.74 Å². The lowest BCUT2D eigenvalue weighted by Gasteiger charge is -2.20. The van der Waals surface area contributed by atoms with Crippen molar-refractivity contribution in [3.8, 4) is 11.3 Å². The molecule has 11 heteroatoms.